The summed E-state index contributed by atoms with van der Waals surface area (Å²) in [5.41, 5.74) is 0. The molecule has 12 heavy (non-hydrogen) atoms. The van der Waals surface area contributed by atoms with Gasteiger partial charge in [-0.1, -0.05) is 0 Å². The fourth-order valence-corrected chi connectivity index (χ4v) is 0.481. The van der Waals surface area contributed by atoms with E-state index in [1.54, 1.807) is 0 Å². The van der Waals surface area contributed by atoms with Gasteiger partial charge in [-0.05, 0) is 0 Å². The molecule has 0 aliphatic heterocycles. The van der Waals surface area contributed by atoms with Gasteiger partial charge in [0.25, 0.3) is 0 Å². The number of hydrogen-bond donors (Lipinski definition) is 1. The monoisotopic (exact) mass is 171 g/mol. The van der Waals surface area contributed by atoms with E-state index in [0.29, 0.717) is 0 Å². The minimum Gasteiger partial charge on any atom is -0.475 e. The highest BCUT2D eigenvalue weighted by Crippen LogP contribution is 1.91. The highest BCUT2D eigenvalue weighted by molar-refractivity contribution is 6.38. The highest BCUT2D eigenvalue weighted by atomic mass is 19.1. The van der Waals surface area contributed by atoms with E-state index in [4.69, 9.17) is 5.11 Å². The van der Waals surface area contributed by atoms with Crippen LogP contribution in [0.25, 0.3) is 0 Å². The maximum atomic E-state index is 12.2. The summed E-state index contributed by atoms with van der Waals surface area (Å²) in [6.45, 7) is 0. The summed E-state index contributed by atoms with van der Waals surface area (Å²) >= 11 is 0. The lowest BCUT2D eigenvalue weighted by Gasteiger charge is -1.91. The van der Waals surface area contributed by atoms with E-state index >= 15 is 0 Å². The summed E-state index contributed by atoms with van der Waals surface area (Å²) < 4.78 is 12.2. The SMILES string of the molecule is O=C(O)C(=O)c1ncnc(F)n1. The van der Waals surface area contributed by atoms with Crippen molar-refractivity contribution >= 4 is 11.8 Å². The molecule has 0 saturated carbocycles. The van der Waals surface area contributed by atoms with E-state index in [1.165, 1.54) is 0 Å². The van der Waals surface area contributed by atoms with Crippen LogP contribution >= 0.6 is 0 Å². The van der Waals surface area contributed by atoms with Crippen LogP contribution in [0, 0.1) is 6.08 Å². The number of halogens is 1. The standard InChI is InChI=1S/C5H2FN3O3/c6-5-8-1-7-3(9-5)2(10)4(11)12/h1H,(H,11,12). The summed E-state index contributed by atoms with van der Waals surface area (Å²) in [5, 5.41) is 8.15. The van der Waals surface area contributed by atoms with Gasteiger partial charge in [-0.3, -0.25) is 4.79 Å². The van der Waals surface area contributed by atoms with Gasteiger partial charge in [0.05, 0.1) is 0 Å². The van der Waals surface area contributed by atoms with Crippen molar-refractivity contribution in [2.45, 2.75) is 0 Å². The molecule has 0 unspecified atom stereocenters. The van der Waals surface area contributed by atoms with Gasteiger partial charge in [-0.2, -0.15) is 14.4 Å². The smallest absolute Gasteiger partial charge is 0.380 e. The molecule has 6 nitrogen and oxygen atoms in total. The minimum absolute atomic E-state index is 0.713. The minimum atomic E-state index is -1.74. The van der Waals surface area contributed by atoms with Crippen molar-refractivity contribution in [2.75, 3.05) is 0 Å². The van der Waals surface area contributed by atoms with Crippen molar-refractivity contribution in [2.24, 2.45) is 0 Å². The van der Waals surface area contributed by atoms with Crippen LogP contribution in [0.4, 0.5) is 4.39 Å². The molecule has 1 aromatic heterocycles. The van der Waals surface area contributed by atoms with Crippen molar-refractivity contribution in [3.05, 3.63) is 18.2 Å². The number of ketones is 1. The number of carbonyl (C=O) groups excluding carboxylic acids is 1. The van der Waals surface area contributed by atoms with Gasteiger partial charge in [0.1, 0.15) is 6.33 Å². The van der Waals surface area contributed by atoms with Gasteiger partial charge in [-0.15, -0.1) is 0 Å². The number of aromatic nitrogens is 3. The third kappa shape index (κ3) is 1.57. The summed E-state index contributed by atoms with van der Waals surface area (Å²) in [6.07, 6.45) is -0.465. The number of carbonyl (C=O) groups is 2. The lowest BCUT2D eigenvalue weighted by molar-refractivity contribution is -0.131. The molecule has 1 aromatic rings. The average molecular weight is 171 g/mol. The Morgan fingerprint density at radius 2 is 2.08 bits per heavy atom. The van der Waals surface area contributed by atoms with Gasteiger partial charge in [-0.25, -0.2) is 9.78 Å². The van der Waals surface area contributed by atoms with E-state index in [0.717, 1.165) is 6.33 Å². The molecule has 0 radical (unpaired) electrons. The molecule has 1 N–H and O–H groups in total. The fourth-order valence-electron chi connectivity index (χ4n) is 0.481. The Labute approximate surface area is 65.1 Å². The first-order valence-electron chi connectivity index (χ1n) is 2.73. The zero-order valence-electron chi connectivity index (χ0n) is 5.56. The first-order chi connectivity index (χ1) is 5.61. The number of rotatable bonds is 2. The molecule has 1 heterocycles. The number of Topliss-reactive ketones (excluding diaryl/α,β-unsaturated/α-hetero) is 1. The van der Waals surface area contributed by atoms with E-state index < -0.39 is 23.7 Å². The zero-order chi connectivity index (χ0) is 9.14. The normalized spacial score (nSPS) is 9.42. The van der Waals surface area contributed by atoms with Crippen molar-refractivity contribution < 1.29 is 19.1 Å². The van der Waals surface area contributed by atoms with Gasteiger partial charge < -0.3 is 5.11 Å². The summed E-state index contributed by atoms with van der Waals surface area (Å²) in [5.74, 6) is -3.81. The summed E-state index contributed by atoms with van der Waals surface area (Å²) in [7, 11) is 0. The van der Waals surface area contributed by atoms with E-state index in [9.17, 15) is 14.0 Å². The lowest BCUT2D eigenvalue weighted by atomic mass is 10.4. The van der Waals surface area contributed by atoms with Crippen LogP contribution in [0.1, 0.15) is 10.6 Å². The first-order valence-corrected chi connectivity index (χ1v) is 2.73. The Bertz CT molecular complexity index is 340. The van der Waals surface area contributed by atoms with Crippen molar-refractivity contribution in [1.82, 2.24) is 15.0 Å². The van der Waals surface area contributed by atoms with Crippen LogP contribution in [0.15, 0.2) is 6.33 Å². The zero-order valence-corrected chi connectivity index (χ0v) is 5.56. The summed E-state index contributed by atoms with van der Waals surface area (Å²) in [6, 6.07) is 0. The lowest BCUT2D eigenvalue weighted by Crippen LogP contribution is -2.17. The van der Waals surface area contributed by atoms with Crippen LogP contribution in [-0.2, 0) is 4.79 Å². The van der Waals surface area contributed by atoms with Gasteiger partial charge in [0.2, 0.25) is 5.82 Å². The number of carboxylic acid groups (broad SMARTS) is 1. The largest absolute Gasteiger partial charge is 0.475 e. The van der Waals surface area contributed by atoms with E-state index in [-0.39, 0.29) is 0 Å². The molecule has 0 spiro atoms. The van der Waals surface area contributed by atoms with Gasteiger partial charge >= 0.3 is 17.8 Å². The maximum Gasteiger partial charge on any atom is 0.380 e. The van der Waals surface area contributed by atoms with E-state index in [1.807, 2.05) is 0 Å². The quantitative estimate of drug-likeness (QED) is 0.466. The molecule has 0 bridgehead atoms. The molecule has 62 valence electrons. The predicted molar refractivity (Wildman–Crippen MR) is 31.8 cm³/mol. The maximum absolute atomic E-state index is 12.2. The first kappa shape index (κ1) is 8.18. The molecule has 0 fully saturated rings. The average Bonchev–Trinajstić information content (AvgIpc) is 2.03. The molecule has 1 rings (SSSR count). The fraction of sp³-hybridized carbons (Fsp3) is 0. The van der Waals surface area contributed by atoms with Crippen LogP contribution in [0.3, 0.4) is 0 Å². The third-order valence-electron chi connectivity index (χ3n) is 0.940. The topological polar surface area (TPSA) is 93.0 Å². The van der Waals surface area contributed by atoms with Gasteiger partial charge in [0, 0.05) is 0 Å². The van der Waals surface area contributed by atoms with Crippen LogP contribution in [-0.4, -0.2) is 31.8 Å². The van der Waals surface area contributed by atoms with Crippen LogP contribution < -0.4 is 0 Å². The molecule has 0 aliphatic rings. The second-order valence-electron chi connectivity index (χ2n) is 1.71. The molecule has 0 aromatic carbocycles. The van der Waals surface area contributed by atoms with Gasteiger partial charge in [0.15, 0.2) is 0 Å². The van der Waals surface area contributed by atoms with E-state index in [2.05, 4.69) is 15.0 Å². The Morgan fingerprint density at radius 1 is 1.42 bits per heavy atom. The molecular formula is C5H2FN3O3. The molecular weight excluding hydrogens is 169 g/mol. The number of aliphatic carboxylic acids is 1. The Balaban J connectivity index is 3.04. The molecule has 7 heteroatoms. The highest BCUT2D eigenvalue weighted by Gasteiger charge is 2.18. The molecule has 0 atom stereocenters. The second kappa shape index (κ2) is 2.99. The molecule has 0 amide bonds. The second-order valence-corrected chi connectivity index (χ2v) is 1.71. The molecule has 0 aliphatic carbocycles. The van der Waals surface area contributed by atoms with Crippen molar-refractivity contribution in [3.63, 3.8) is 0 Å². The Morgan fingerprint density at radius 3 is 2.58 bits per heavy atom. The van der Waals surface area contributed by atoms with Crippen LogP contribution in [0.2, 0.25) is 0 Å². The van der Waals surface area contributed by atoms with Crippen LogP contribution in [0.5, 0.6) is 0 Å². The molecule has 0 saturated heterocycles. The third-order valence-corrected chi connectivity index (χ3v) is 0.940. The Hall–Kier alpha value is -1.92. The predicted octanol–water partition coefficient (Wildman–Crippen LogP) is -0.722. The summed E-state index contributed by atoms with van der Waals surface area (Å²) in [4.78, 5) is 29.6. The Kier molecular flexibility index (Phi) is 2.04. The number of hydrogen-bond acceptors (Lipinski definition) is 5. The van der Waals surface area contributed by atoms with Crippen molar-refractivity contribution in [1.29, 1.82) is 0 Å². The number of nitrogens with zero attached hydrogens (tertiary/aromatic N) is 3. The van der Waals surface area contributed by atoms with Crippen molar-refractivity contribution in [3.8, 4) is 0 Å². The number of carboxylic acids is 1.